The summed E-state index contributed by atoms with van der Waals surface area (Å²) in [5.74, 6) is 3.12. The molecule has 0 bridgehead atoms. The van der Waals surface area contributed by atoms with E-state index in [9.17, 15) is 0 Å². The van der Waals surface area contributed by atoms with Crippen molar-refractivity contribution in [1.82, 2.24) is 15.6 Å². The third kappa shape index (κ3) is 8.12. The number of aliphatic imine (C=N–C) groups is 1. The van der Waals surface area contributed by atoms with Crippen molar-refractivity contribution >= 4 is 35.8 Å². The summed E-state index contributed by atoms with van der Waals surface area (Å²) in [4.78, 5) is 11.1. The highest BCUT2D eigenvalue weighted by Gasteiger charge is 2.17. The molecule has 176 valence electrons. The Balaban J connectivity index is 0.00000363. The third-order valence-corrected chi connectivity index (χ3v) is 5.20. The van der Waals surface area contributed by atoms with Crippen LogP contribution in [0.5, 0.6) is 5.75 Å². The van der Waals surface area contributed by atoms with E-state index in [2.05, 4.69) is 53.7 Å². The largest absolute Gasteiger partial charge is 0.493 e. The van der Waals surface area contributed by atoms with E-state index in [1.807, 2.05) is 31.3 Å². The van der Waals surface area contributed by atoms with Gasteiger partial charge in [0, 0.05) is 51.5 Å². The monoisotopic (exact) mass is 553 g/mol. The standard InChI is InChI=1S/C24H35N5O2.HI/c1-5-25-24(27-14-19-8-10-26-23(13-19)29(3)4)28-15-21-7-6-18(2)12-22(21)31-17-20-9-11-30-16-20;/h6-8,10,12-13,20H,5,9,11,14-17H2,1-4H3,(H2,25,27,28);1H. The molecule has 1 aromatic heterocycles. The van der Waals surface area contributed by atoms with Gasteiger partial charge in [0.1, 0.15) is 11.6 Å². The summed E-state index contributed by atoms with van der Waals surface area (Å²) in [5.41, 5.74) is 3.43. The third-order valence-electron chi connectivity index (χ3n) is 5.20. The van der Waals surface area contributed by atoms with Crippen molar-refractivity contribution in [3.05, 3.63) is 53.2 Å². The lowest BCUT2D eigenvalue weighted by molar-refractivity contribution is 0.166. The first-order valence-corrected chi connectivity index (χ1v) is 11.0. The molecule has 0 aliphatic carbocycles. The quantitative estimate of drug-likeness (QED) is 0.280. The molecule has 0 amide bonds. The second-order valence-corrected chi connectivity index (χ2v) is 8.12. The topological polar surface area (TPSA) is 71.0 Å². The molecule has 2 aromatic rings. The first-order valence-electron chi connectivity index (χ1n) is 11.0. The number of halogens is 1. The number of pyridine rings is 1. The van der Waals surface area contributed by atoms with Gasteiger partial charge in [0.05, 0.1) is 19.8 Å². The Bertz CT molecular complexity index is 869. The average molecular weight is 553 g/mol. The van der Waals surface area contributed by atoms with Crippen molar-refractivity contribution in [2.45, 2.75) is 33.4 Å². The smallest absolute Gasteiger partial charge is 0.191 e. The van der Waals surface area contributed by atoms with Crippen molar-refractivity contribution in [3.8, 4) is 5.75 Å². The fourth-order valence-corrected chi connectivity index (χ4v) is 3.36. The van der Waals surface area contributed by atoms with Gasteiger partial charge in [-0.05, 0) is 49.6 Å². The maximum Gasteiger partial charge on any atom is 0.191 e. The maximum absolute atomic E-state index is 6.17. The zero-order valence-electron chi connectivity index (χ0n) is 19.6. The number of aromatic nitrogens is 1. The van der Waals surface area contributed by atoms with Gasteiger partial charge in [0.15, 0.2) is 5.96 Å². The second kappa shape index (κ2) is 13.5. The minimum Gasteiger partial charge on any atom is -0.493 e. The minimum absolute atomic E-state index is 0. The zero-order valence-corrected chi connectivity index (χ0v) is 21.9. The maximum atomic E-state index is 6.17. The van der Waals surface area contributed by atoms with E-state index >= 15 is 0 Å². The van der Waals surface area contributed by atoms with Crippen LogP contribution in [0.1, 0.15) is 30.0 Å². The molecule has 1 atom stereocenters. The molecule has 2 heterocycles. The van der Waals surface area contributed by atoms with Gasteiger partial charge in [0.25, 0.3) is 0 Å². The van der Waals surface area contributed by atoms with Crippen LogP contribution in [0.2, 0.25) is 0 Å². The zero-order chi connectivity index (χ0) is 22.1. The SMILES string of the molecule is CCNC(=NCc1ccnc(N(C)C)c1)NCc1ccc(C)cc1OCC1CCOC1.I. The summed E-state index contributed by atoms with van der Waals surface area (Å²) in [6, 6.07) is 10.4. The first-order chi connectivity index (χ1) is 15.0. The van der Waals surface area contributed by atoms with Gasteiger partial charge in [-0.2, -0.15) is 0 Å². The summed E-state index contributed by atoms with van der Waals surface area (Å²) >= 11 is 0. The Morgan fingerprint density at radius 3 is 2.81 bits per heavy atom. The van der Waals surface area contributed by atoms with Crippen LogP contribution < -0.4 is 20.3 Å². The van der Waals surface area contributed by atoms with Crippen LogP contribution >= 0.6 is 24.0 Å². The molecule has 1 unspecified atom stereocenters. The number of rotatable bonds is 9. The molecule has 2 N–H and O–H groups in total. The van der Waals surface area contributed by atoms with E-state index in [4.69, 9.17) is 14.5 Å². The van der Waals surface area contributed by atoms with Crippen LogP contribution in [0.4, 0.5) is 5.82 Å². The summed E-state index contributed by atoms with van der Waals surface area (Å²) in [5, 5.41) is 6.76. The molecule has 7 nitrogen and oxygen atoms in total. The van der Waals surface area contributed by atoms with Gasteiger partial charge in [-0.15, -0.1) is 24.0 Å². The average Bonchev–Trinajstić information content (AvgIpc) is 3.29. The molecule has 8 heteroatoms. The van der Waals surface area contributed by atoms with Gasteiger partial charge >= 0.3 is 0 Å². The molecule has 1 aliphatic rings. The predicted molar refractivity (Wildman–Crippen MR) is 141 cm³/mol. The molecule has 1 fully saturated rings. The van der Waals surface area contributed by atoms with Crippen molar-refractivity contribution in [1.29, 1.82) is 0 Å². The number of hydrogen-bond acceptors (Lipinski definition) is 5. The molecule has 3 rings (SSSR count). The van der Waals surface area contributed by atoms with Gasteiger partial charge in [-0.3, -0.25) is 0 Å². The van der Waals surface area contributed by atoms with Gasteiger partial charge in [-0.25, -0.2) is 9.98 Å². The van der Waals surface area contributed by atoms with E-state index in [0.29, 0.717) is 25.6 Å². The van der Waals surface area contributed by atoms with E-state index in [-0.39, 0.29) is 24.0 Å². The lowest BCUT2D eigenvalue weighted by atomic mass is 10.1. The highest BCUT2D eigenvalue weighted by atomic mass is 127. The Kier molecular flexibility index (Phi) is 11.0. The van der Waals surface area contributed by atoms with Crippen LogP contribution in [0.3, 0.4) is 0 Å². The highest BCUT2D eigenvalue weighted by Crippen LogP contribution is 2.22. The second-order valence-electron chi connectivity index (χ2n) is 8.12. The minimum atomic E-state index is 0. The molecule has 1 aliphatic heterocycles. The number of nitrogens with zero attached hydrogens (tertiary/aromatic N) is 3. The van der Waals surface area contributed by atoms with Crippen LogP contribution in [0.25, 0.3) is 0 Å². The van der Waals surface area contributed by atoms with Gasteiger partial charge in [-0.1, -0.05) is 12.1 Å². The molecule has 0 spiro atoms. The Morgan fingerprint density at radius 2 is 2.09 bits per heavy atom. The fraction of sp³-hybridized carbons (Fsp3) is 0.500. The molecule has 1 aromatic carbocycles. The Morgan fingerprint density at radius 1 is 1.25 bits per heavy atom. The molecule has 0 radical (unpaired) electrons. The van der Waals surface area contributed by atoms with Crippen LogP contribution in [-0.2, 0) is 17.8 Å². The predicted octanol–water partition coefficient (Wildman–Crippen LogP) is 3.74. The highest BCUT2D eigenvalue weighted by molar-refractivity contribution is 14.0. The number of nitrogens with one attached hydrogen (secondary N) is 2. The van der Waals surface area contributed by atoms with Gasteiger partial charge < -0.3 is 25.0 Å². The molecular weight excluding hydrogens is 517 g/mol. The molecule has 0 saturated carbocycles. The normalized spacial score (nSPS) is 15.8. The lowest BCUT2D eigenvalue weighted by Gasteiger charge is -2.17. The van der Waals surface area contributed by atoms with Crippen molar-refractivity contribution < 1.29 is 9.47 Å². The number of guanidine groups is 1. The number of aryl methyl sites for hydroxylation is 1. The lowest BCUT2D eigenvalue weighted by Crippen LogP contribution is -2.36. The number of hydrogen-bond donors (Lipinski definition) is 2. The van der Waals surface area contributed by atoms with E-state index in [0.717, 1.165) is 54.8 Å². The number of benzene rings is 1. The molecule has 1 saturated heterocycles. The number of ether oxygens (including phenoxy) is 2. The van der Waals surface area contributed by atoms with Crippen molar-refractivity contribution in [2.75, 3.05) is 45.4 Å². The Hall–Kier alpha value is -2.07. The van der Waals surface area contributed by atoms with Crippen LogP contribution in [0.15, 0.2) is 41.5 Å². The molecular formula is C24H36IN5O2. The van der Waals surface area contributed by atoms with Crippen molar-refractivity contribution in [3.63, 3.8) is 0 Å². The summed E-state index contributed by atoms with van der Waals surface area (Å²) in [6.45, 7) is 8.50. The summed E-state index contributed by atoms with van der Waals surface area (Å²) in [7, 11) is 3.98. The van der Waals surface area contributed by atoms with Crippen molar-refractivity contribution in [2.24, 2.45) is 10.9 Å². The van der Waals surface area contributed by atoms with Crippen LogP contribution in [0, 0.1) is 12.8 Å². The fourth-order valence-electron chi connectivity index (χ4n) is 3.36. The summed E-state index contributed by atoms with van der Waals surface area (Å²) in [6.07, 6.45) is 2.90. The van der Waals surface area contributed by atoms with E-state index in [1.165, 1.54) is 5.56 Å². The molecule has 32 heavy (non-hydrogen) atoms. The summed E-state index contributed by atoms with van der Waals surface area (Å²) < 4.78 is 11.6. The van der Waals surface area contributed by atoms with E-state index in [1.54, 1.807) is 0 Å². The van der Waals surface area contributed by atoms with Gasteiger partial charge in [0.2, 0.25) is 0 Å². The number of anilines is 1. The van der Waals surface area contributed by atoms with Crippen LogP contribution in [-0.4, -0.2) is 51.4 Å². The Labute approximate surface area is 209 Å². The first kappa shape index (κ1) is 26.2. The van der Waals surface area contributed by atoms with E-state index < -0.39 is 0 Å².